The largest absolute Gasteiger partial charge is 0.493 e. The number of nitrogens with one attached hydrogen (secondary N) is 1. The molecule has 1 N–H and O–H groups in total. The Morgan fingerprint density at radius 2 is 1.89 bits per heavy atom. The highest BCUT2D eigenvalue weighted by Crippen LogP contribution is 2.27. The normalized spacial score (nSPS) is 10.4. The highest BCUT2D eigenvalue weighted by Gasteiger charge is 2.10. The number of amides is 1. The Kier molecular flexibility index (Phi) is 7.85. The number of methoxy groups -OCH3 is 2. The number of unbranched alkanes of at least 4 members (excludes halogenated alkanes) is 1. The van der Waals surface area contributed by atoms with Crippen LogP contribution in [0.5, 0.6) is 11.5 Å². The first-order chi connectivity index (χ1) is 13.1. The van der Waals surface area contributed by atoms with Crippen molar-refractivity contribution in [1.29, 1.82) is 0 Å². The topological polar surface area (TPSA) is 76.6 Å². The molecule has 0 saturated heterocycles. The zero-order valence-corrected chi connectivity index (χ0v) is 16.5. The van der Waals surface area contributed by atoms with E-state index in [0.717, 1.165) is 30.8 Å². The zero-order valence-electron chi connectivity index (χ0n) is 16.5. The molecule has 0 aliphatic carbocycles. The fraction of sp³-hybridized carbons (Fsp3) is 0.450. The van der Waals surface area contributed by atoms with Gasteiger partial charge >= 0.3 is 0 Å². The zero-order chi connectivity index (χ0) is 19.6. The molecular weight excluding hydrogens is 344 g/mol. The Morgan fingerprint density at radius 3 is 2.52 bits per heavy atom. The summed E-state index contributed by atoms with van der Waals surface area (Å²) in [5, 5.41) is 11.1. The Labute approximate surface area is 160 Å². The Bertz CT molecular complexity index is 735. The van der Waals surface area contributed by atoms with Gasteiger partial charge in [-0.25, -0.2) is 0 Å². The fourth-order valence-electron chi connectivity index (χ4n) is 2.61. The summed E-state index contributed by atoms with van der Waals surface area (Å²) in [6.07, 6.45) is 2.90. The second kappa shape index (κ2) is 10.4. The molecule has 27 heavy (non-hydrogen) atoms. The van der Waals surface area contributed by atoms with Crippen LogP contribution in [0.25, 0.3) is 0 Å². The third kappa shape index (κ3) is 5.84. The summed E-state index contributed by atoms with van der Waals surface area (Å²) in [7, 11) is 5.18. The molecule has 7 nitrogen and oxygen atoms in total. The van der Waals surface area contributed by atoms with Gasteiger partial charge in [0.25, 0.3) is 5.91 Å². The predicted octanol–water partition coefficient (Wildman–Crippen LogP) is 2.70. The Hall–Kier alpha value is -2.83. The lowest BCUT2D eigenvalue weighted by Gasteiger charge is -2.16. The van der Waals surface area contributed by atoms with Crippen molar-refractivity contribution in [2.45, 2.75) is 26.2 Å². The lowest BCUT2D eigenvalue weighted by molar-refractivity contribution is 0.0948. The molecule has 2 rings (SSSR count). The molecule has 0 unspecified atom stereocenters. The molecular formula is C20H28N4O3. The molecule has 0 aliphatic heterocycles. The molecule has 0 bridgehead atoms. The minimum absolute atomic E-state index is 0.231. The van der Waals surface area contributed by atoms with Crippen molar-refractivity contribution < 1.29 is 14.3 Å². The summed E-state index contributed by atoms with van der Waals surface area (Å²) < 4.78 is 10.5. The van der Waals surface area contributed by atoms with E-state index >= 15 is 0 Å². The third-order valence-corrected chi connectivity index (χ3v) is 4.27. The fourth-order valence-corrected chi connectivity index (χ4v) is 2.61. The van der Waals surface area contributed by atoms with Crippen LogP contribution in [0, 0.1) is 0 Å². The lowest BCUT2D eigenvalue weighted by Crippen LogP contribution is -2.27. The van der Waals surface area contributed by atoms with Crippen LogP contribution in [0.3, 0.4) is 0 Å². The van der Waals surface area contributed by atoms with Gasteiger partial charge in [0.2, 0.25) is 0 Å². The third-order valence-electron chi connectivity index (χ3n) is 4.27. The number of carbonyl (C=O) groups is 1. The summed E-state index contributed by atoms with van der Waals surface area (Å²) >= 11 is 0. The van der Waals surface area contributed by atoms with Gasteiger partial charge in [0, 0.05) is 20.1 Å². The van der Waals surface area contributed by atoms with Gasteiger partial charge in [-0.3, -0.25) is 4.79 Å². The Morgan fingerprint density at radius 1 is 1.11 bits per heavy atom. The van der Waals surface area contributed by atoms with Gasteiger partial charge in [-0.15, -0.1) is 10.2 Å². The minimum Gasteiger partial charge on any atom is -0.493 e. The Balaban J connectivity index is 1.87. The van der Waals surface area contributed by atoms with Gasteiger partial charge in [0.1, 0.15) is 0 Å². The van der Waals surface area contributed by atoms with Crippen LogP contribution in [0.15, 0.2) is 30.3 Å². The molecule has 0 aliphatic rings. The van der Waals surface area contributed by atoms with Gasteiger partial charge in [0.05, 0.1) is 14.2 Å². The first-order valence-corrected chi connectivity index (χ1v) is 9.13. The molecule has 0 atom stereocenters. The van der Waals surface area contributed by atoms with Crippen molar-refractivity contribution in [3.8, 4) is 11.5 Å². The van der Waals surface area contributed by atoms with Crippen molar-refractivity contribution in [2.24, 2.45) is 0 Å². The molecule has 1 heterocycles. The molecule has 1 amide bonds. The second-order valence-corrected chi connectivity index (χ2v) is 6.25. The van der Waals surface area contributed by atoms with Gasteiger partial charge in [-0.05, 0) is 42.7 Å². The maximum Gasteiger partial charge on any atom is 0.271 e. The molecule has 1 aromatic carbocycles. The second-order valence-electron chi connectivity index (χ2n) is 6.25. The summed E-state index contributed by atoms with van der Waals surface area (Å²) in [6.45, 7) is 3.56. The van der Waals surface area contributed by atoms with Crippen LogP contribution < -0.4 is 19.7 Å². The summed E-state index contributed by atoms with van der Waals surface area (Å²) in [5.41, 5.74) is 1.36. The van der Waals surface area contributed by atoms with Gasteiger partial charge in [-0.2, -0.15) is 0 Å². The SMILES string of the molecule is CCCCN(C)c1ccc(C(=O)NCCc2ccc(OC)c(OC)c2)nn1. The predicted molar refractivity (Wildman–Crippen MR) is 106 cm³/mol. The van der Waals surface area contributed by atoms with E-state index in [2.05, 4.69) is 22.4 Å². The van der Waals surface area contributed by atoms with Crippen LogP contribution in [0.1, 0.15) is 35.8 Å². The van der Waals surface area contributed by atoms with Crippen LogP contribution in [-0.4, -0.2) is 50.5 Å². The number of hydrogen-bond acceptors (Lipinski definition) is 6. The van der Waals surface area contributed by atoms with E-state index < -0.39 is 0 Å². The maximum atomic E-state index is 12.2. The van der Waals surface area contributed by atoms with E-state index in [1.165, 1.54) is 0 Å². The number of ether oxygens (including phenoxy) is 2. The number of anilines is 1. The molecule has 146 valence electrons. The lowest BCUT2D eigenvalue weighted by atomic mass is 10.1. The van der Waals surface area contributed by atoms with E-state index in [9.17, 15) is 4.79 Å². The summed E-state index contributed by atoms with van der Waals surface area (Å²) in [5.74, 6) is 1.90. The van der Waals surface area contributed by atoms with Crippen molar-refractivity contribution in [3.63, 3.8) is 0 Å². The van der Waals surface area contributed by atoms with Crippen molar-refractivity contribution in [3.05, 3.63) is 41.6 Å². The first-order valence-electron chi connectivity index (χ1n) is 9.13. The summed E-state index contributed by atoms with van der Waals surface area (Å²) in [4.78, 5) is 14.3. The van der Waals surface area contributed by atoms with Gasteiger partial charge in [-0.1, -0.05) is 19.4 Å². The average molecular weight is 372 g/mol. The molecule has 0 spiro atoms. The smallest absolute Gasteiger partial charge is 0.271 e. The summed E-state index contributed by atoms with van der Waals surface area (Å²) in [6, 6.07) is 9.25. The van der Waals surface area contributed by atoms with E-state index in [4.69, 9.17) is 9.47 Å². The van der Waals surface area contributed by atoms with Crippen molar-refractivity contribution in [1.82, 2.24) is 15.5 Å². The van der Waals surface area contributed by atoms with E-state index in [1.807, 2.05) is 36.2 Å². The van der Waals surface area contributed by atoms with Crippen LogP contribution >= 0.6 is 0 Å². The molecule has 2 aromatic rings. The molecule has 1 aromatic heterocycles. The molecule has 0 saturated carbocycles. The van der Waals surface area contributed by atoms with E-state index in [-0.39, 0.29) is 5.91 Å². The van der Waals surface area contributed by atoms with Crippen molar-refractivity contribution >= 4 is 11.7 Å². The number of aromatic nitrogens is 2. The number of rotatable bonds is 10. The highest BCUT2D eigenvalue weighted by atomic mass is 16.5. The van der Waals surface area contributed by atoms with Gasteiger partial charge in [0.15, 0.2) is 23.0 Å². The standard InChI is InChI=1S/C20H28N4O3/c1-5-6-13-24(2)19-10-8-16(22-23-19)20(25)21-12-11-15-7-9-17(26-3)18(14-15)27-4/h7-10,14H,5-6,11-13H2,1-4H3,(H,21,25). The van der Waals surface area contributed by atoms with Crippen LogP contribution in [0.4, 0.5) is 5.82 Å². The van der Waals surface area contributed by atoms with Gasteiger partial charge < -0.3 is 19.7 Å². The minimum atomic E-state index is -0.231. The molecule has 0 radical (unpaired) electrons. The maximum absolute atomic E-state index is 12.2. The number of benzene rings is 1. The molecule has 0 fully saturated rings. The monoisotopic (exact) mass is 372 g/mol. The van der Waals surface area contributed by atoms with E-state index in [0.29, 0.717) is 30.2 Å². The molecule has 7 heteroatoms. The van der Waals surface area contributed by atoms with Crippen LogP contribution in [-0.2, 0) is 6.42 Å². The first kappa shape index (κ1) is 20.5. The number of hydrogen-bond donors (Lipinski definition) is 1. The van der Waals surface area contributed by atoms with E-state index in [1.54, 1.807) is 20.3 Å². The highest BCUT2D eigenvalue weighted by molar-refractivity contribution is 5.92. The number of carbonyl (C=O) groups excluding carboxylic acids is 1. The number of nitrogens with zero attached hydrogens (tertiary/aromatic N) is 3. The quantitative estimate of drug-likeness (QED) is 0.691. The average Bonchev–Trinajstić information content (AvgIpc) is 2.71. The van der Waals surface area contributed by atoms with Crippen molar-refractivity contribution in [2.75, 3.05) is 39.3 Å². The van der Waals surface area contributed by atoms with Crippen LogP contribution in [0.2, 0.25) is 0 Å².